The van der Waals surface area contributed by atoms with Crippen molar-refractivity contribution in [3.8, 4) is 0 Å². The van der Waals surface area contributed by atoms with Gasteiger partial charge in [-0.05, 0) is 24.6 Å². The van der Waals surface area contributed by atoms with Crippen LogP contribution in [-0.4, -0.2) is 37.6 Å². The Bertz CT molecular complexity index is 941. The van der Waals surface area contributed by atoms with Crippen molar-refractivity contribution in [2.24, 2.45) is 0 Å². The van der Waals surface area contributed by atoms with Crippen molar-refractivity contribution in [3.05, 3.63) is 56.3 Å². The maximum absolute atomic E-state index is 12.4. The minimum absolute atomic E-state index is 0.0132. The number of anilines is 1. The SMILES string of the molecule is Cc1c(C(=O)Nc2nc(CCO)cs2)nnn1Cc1ccc(Cl)c(Cl)c1. The van der Waals surface area contributed by atoms with Gasteiger partial charge in [0.15, 0.2) is 10.8 Å². The summed E-state index contributed by atoms with van der Waals surface area (Å²) in [4.78, 5) is 16.7. The lowest BCUT2D eigenvalue weighted by molar-refractivity contribution is 0.102. The van der Waals surface area contributed by atoms with Crippen LogP contribution in [0.25, 0.3) is 0 Å². The number of carbonyl (C=O) groups is 1. The zero-order valence-electron chi connectivity index (χ0n) is 13.7. The number of halogens is 2. The van der Waals surface area contributed by atoms with Gasteiger partial charge in [-0.15, -0.1) is 16.4 Å². The summed E-state index contributed by atoms with van der Waals surface area (Å²) >= 11 is 13.2. The molecule has 2 aromatic heterocycles. The maximum Gasteiger partial charge on any atom is 0.279 e. The highest BCUT2D eigenvalue weighted by Gasteiger charge is 2.18. The van der Waals surface area contributed by atoms with Crippen molar-refractivity contribution in [1.29, 1.82) is 0 Å². The number of nitrogens with one attached hydrogen (secondary N) is 1. The Morgan fingerprint density at radius 2 is 2.15 bits per heavy atom. The van der Waals surface area contributed by atoms with E-state index in [9.17, 15) is 4.79 Å². The molecule has 0 saturated carbocycles. The van der Waals surface area contributed by atoms with Gasteiger partial charge < -0.3 is 5.11 Å². The summed E-state index contributed by atoms with van der Waals surface area (Å²) in [6, 6.07) is 5.31. The minimum Gasteiger partial charge on any atom is -0.396 e. The van der Waals surface area contributed by atoms with E-state index < -0.39 is 0 Å². The van der Waals surface area contributed by atoms with E-state index in [4.69, 9.17) is 28.3 Å². The van der Waals surface area contributed by atoms with E-state index in [0.29, 0.717) is 33.8 Å². The van der Waals surface area contributed by atoms with Gasteiger partial charge in [0.25, 0.3) is 5.91 Å². The summed E-state index contributed by atoms with van der Waals surface area (Å²) in [5, 5.41) is 22.8. The first-order valence-corrected chi connectivity index (χ1v) is 9.32. The number of thiazole rings is 1. The summed E-state index contributed by atoms with van der Waals surface area (Å²) in [6.07, 6.45) is 0.450. The largest absolute Gasteiger partial charge is 0.396 e. The lowest BCUT2D eigenvalue weighted by atomic mass is 10.2. The lowest BCUT2D eigenvalue weighted by Gasteiger charge is -2.05. The Kier molecular flexibility index (Phi) is 5.87. The third kappa shape index (κ3) is 4.21. The monoisotopic (exact) mass is 411 g/mol. The molecule has 0 unspecified atom stereocenters. The van der Waals surface area contributed by atoms with E-state index in [1.165, 1.54) is 11.3 Å². The van der Waals surface area contributed by atoms with Gasteiger partial charge in [0.05, 0.1) is 28.0 Å². The van der Waals surface area contributed by atoms with E-state index in [1.54, 1.807) is 29.1 Å². The Labute approximate surface area is 163 Å². The molecule has 0 atom stereocenters. The van der Waals surface area contributed by atoms with Crippen LogP contribution in [0.4, 0.5) is 5.13 Å². The van der Waals surface area contributed by atoms with Crippen LogP contribution in [0.15, 0.2) is 23.6 Å². The van der Waals surface area contributed by atoms with Gasteiger partial charge in [-0.1, -0.05) is 34.5 Å². The topological polar surface area (TPSA) is 92.9 Å². The molecule has 0 aliphatic heterocycles. The van der Waals surface area contributed by atoms with E-state index in [1.807, 2.05) is 6.07 Å². The fourth-order valence-electron chi connectivity index (χ4n) is 2.28. The summed E-state index contributed by atoms with van der Waals surface area (Å²) in [5.74, 6) is -0.382. The van der Waals surface area contributed by atoms with E-state index in [-0.39, 0.29) is 18.2 Å². The number of hydrogen-bond acceptors (Lipinski definition) is 6. The first-order chi connectivity index (χ1) is 12.5. The molecule has 0 bridgehead atoms. The molecule has 0 radical (unpaired) electrons. The molecule has 26 heavy (non-hydrogen) atoms. The molecular formula is C16H15Cl2N5O2S. The molecule has 7 nitrogen and oxygen atoms in total. The summed E-state index contributed by atoms with van der Waals surface area (Å²) in [5.41, 5.74) is 2.48. The standard InChI is InChI=1S/C16H15Cl2N5O2S/c1-9-14(15(25)20-16-19-11(4-5-24)8-26-16)21-22-23(9)7-10-2-3-12(17)13(18)6-10/h2-3,6,8,24H,4-5,7H2,1H3,(H,19,20,25). The van der Waals surface area contributed by atoms with Crippen molar-refractivity contribution in [2.45, 2.75) is 19.9 Å². The van der Waals surface area contributed by atoms with E-state index >= 15 is 0 Å². The number of benzene rings is 1. The van der Waals surface area contributed by atoms with Gasteiger partial charge >= 0.3 is 0 Å². The van der Waals surface area contributed by atoms with Gasteiger partial charge in [0.1, 0.15) is 0 Å². The number of nitrogens with zero attached hydrogens (tertiary/aromatic N) is 4. The quantitative estimate of drug-likeness (QED) is 0.649. The Hall–Kier alpha value is -2.00. The predicted molar refractivity (Wildman–Crippen MR) is 101 cm³/mol. The molecule has 3 rings (SSSR count). The third-order valence-corrected chi connectivity index (χ3v) is 5.20. The number of aromatic nitrogens is 4. The van der Waals surface area contributed by atoms with Crippen LogP contribution in [0, 0.1) is 6.92 Å². The van der Waals surface area contributed by atoms with Gasteiger partial charge in [0, 0.05) is 18.4 Å². The molecule has 0 spiro atoms. The Morgan fingerprint density at radius 1 is 1.35 bits per heavy atom. The second kappa shape index (κ2) is 8.13. The first-order valence-electron chi connectivity index (χ1n) is 7.68. The highest BCUT2D eigenvalue weighted by molar-refractivity contribution is 7.13. The number of rotatable bonds is 6. The van der Waals surface area contributed by atoms with Gasteiger partial charge in [-0.3, -0.25) is 10.1 Å². The highest BCUT2D eigenvalue weighted by Crippen LogP contribution is 2.23. The molecule has 3 aromatic rings. The number of amides is 1. The molecule has 0 saturated heterocycles. The second-order valence-corrected chi connectivity index (χ2v) is 7.17. The molecular weight excluding hydrogens is 397 g/mol. The van der Waals surface area contributed by atoms with Crippen LogP contribution < -0.4 is 5.32 Å². The summed E-state index contributed by atoms with van der Waals surface area (Å²) in [6.45, 7) is 2.20. The molecule has 1 amide bonds. The average Bonchev–Trinajstić information content (AvgIpc) is 3.19. The number of aliphatic hydroxyl groups is 1. The number of hydrogen-bond donors (Lipinski definition) is 2. The van der Waals surface area contributed by atoms with Crippen molar-refractivity contribution in [1.82, 2.24) is 20.0 Å². The zero-order chi connectivity index (χ0) is 18.7. The third-order valence-electron chi connectivity index (χ3n) is 3.65. The molecule has 0 aliphatic rings. The molecule has 0 fully saturated rings. The van der Waals surface area contributed by atoms with Crippen molar-refractivity contribution < 1.29 is 9.90 Å². The zero-order valence-corrected chi connectivity index (χ0v) is 16.1. The van der Waals surface area contributed by atoms with Crippen molar-refractivity contribution >= 4 is 45.6 Å². The van der Waals surface area contributed by atoms with Gasteiger partial charge in [0.2, 0.25) is 0 Å². The summed E-state index contributed by atoms with van der Waals surface area (Å²) in [7, 11) is 0. The fourth-order valence-corrected chi connectivity index (χ4v) is 3.34. The van der Waals surface area contributed by atoms with Gasteiger partial charge in [-0.2, -0.15) is 0 Å². The average molecular weight is 412 g/mol. The molecule has 2 heterocycles. The number of carbonyl (C=O) groups excluding carboxylic acids is 1. The van der Waals surface area contributed by atoms with E-state index in [2.05, 4.69) is 20.6 Å². The molecule has 1 aromatic carbocycles. The smallest absolute Gasteiger partial charge is 0.279 e. The van der Waals surface area contributed by atoms with Crippen LogP contribution in [-0.2, 0) is 13.0 Å². The van der Waals surface area contributed by atoms with Crippen LogP contribution in [0.5, 0.6) is 0 Å². The second-order valence-electron chi connectivity index (χ2n) is 5.50. The molecule has 2 N–H and O–H groups in total. The normalized spacial score (nSPS) is 10.9. The predicted octanol–water partition coefficient (Wildman–Crippen LogP) is 3.19. The molecule has 136 valence electrons. The fraction of sp³-hybridized carbons (Fsp3) is 0.250. The van der Waals surface area contributed by atoms with Gasteiger partial charge in [-0.25, -0.2) is 9.67 Å². The Balaban J connectivity index is 1.72. The minimum atomic E-state index is -0.382. The number of aliphatic hydroxyl groups excluding tert-OH is 1. The van der Waals surface area contributed by atoms with Crippen molar-refractivity contribution in [2.75, 3.05) is 11.9 Å². The van der Waals surface area contributed by atoms with Crippen LogP contribution >= 0.6 is 34.5 Å². The van der Waals surface area contributed by atoms with Crippen LogP contribution in [0.3, 0.4) is 0 Å². The molecule has 10 heteroatoms. The van der Waals surface area contributed by atoms with Crippen LogP contribution in [0.1, 0.15) is 27.4 Å². The Morgan fingerprint density at radius 3 is 2.88 bits per heavy atom. The molecule has 0 aliphatic carbocycles. The van der Waals surface area contributed by atoms with Crippen LogP contribution in [0.2, 0.25) is 10.0 Å². The highest BCUT2D eigenvalue weighted by atomic mass is 35.5. The first kappa shape index (κ1) is 18.8. The van der Waals surface area contributed by atoms with E-state index in [0.717, 1.165) is 11.3 Å². The van der Waals surface area contributed by atoms with Crippen molar-refractivity contribution in [3.63, 3.8) is 0 Å². The maximum atomic E-state index is 12.4. The summed E-state index contributed by atoms with van der Waals surface area (Å²) < 4.78 is 1.62. The lowest BCUT2D eigenvalue weighted by Crippen LogP contribution is -2.14.